The Balaban J connectivity index is 1.35. The lowest BCUT2D eigenvalue weighted by Gasteiger charge is -2.41. The Hall–Kier alpha value is -2.29. The third-order valence-corrected chi connectivity index (χ3v) is 10.8. The first-order valence-corrected chi connectivity index (χ1v) is 14.2. The van der Waals surface area contributed by atoms with Crippen LogP contribution in [0.2, 0.25) is 0 Å². The molecule has 0 aromatic heterocycles. The lowest BCUT2D eigenvalue weighted by atomic mass is 9.64. The molecule has 182 valence electrons. The van der Waals surface area contributed by atoms with E-state index in [0.717, 1.165) is 36.4 Å². The minimum atomic E-state index is 0.501. The van der Waals surface area contributed by atoms with Crippen molar-refractivity contribution >= 4 is 11.3 Å². The molecule has 0 N–H and O–H groups in total. The van der Waals surface area contributed by atoms with E-state index in [1.807, 2.05) is 0 Å². The van der Waals surface area contributed by atoms with E-state index in [1.165, 1.54) is 97.2 Å². The first-order valence-electron chi connectivity index (χ1n) is 14.2. The zero-order chi connectivity index (χ0) is 23.5. The van der Waals surface area contributed by atoms with E-state index in [2.05, 4.69) is 54.8 Å². The molecule has 4 atom stereocenters. The molecule has 0 saturated heterocycles. The molecule has 35 heavy (non-hydrogen) atoms. The van der Waals surface area contributed by atoms with Crippen molar-refractivity contribution in [3.63, 3.8) is 0 Å². The number of ether oxygens (including phenoxy) is 1. The number of hydrogen-bond donors (Lipinski definition) is 0. The average Bonchev–Trinajstić information content (AvgIpc) is 3.38. The van der Waals surface area contributed by atoms with Crippen molar-refractivity contribution in [2.75, 3.05) is 32.1 Å². The van der Waals surface area contributed by atoms with Crippen LogP contribution in [-0.4, -0.2) is 27.2 Å². The third-order valence-electron chi connectivity index (χ3n) is 10.8. The molecular weight excluding hydrogens is 428 g/mol. The van der Waals surface area contributed by atoms with Crippen LogP contribution in [-0.2, 0) is 12.8 Å². The van der Waals surface area contributed by atoms with Crippen LogP contribution in [0.4, 0.5) is 5.69 Å². The van der Waals surface area contributed by atoms with E-state index in [4.69, 9.17) is 4.74 Å². The summed E-state index contributed by atoms with van der Waals surface area (Å²) in [4.78, 5) is 2.42. The van der Waals surface area contributed by atoms with Crippen molar-refractivity contribution < 1.29 is 4.74 Å². The van der Waals surface area contributed by atoms with Crippen LogP contribution in [0, 0.1) is 22.7 Å². The smallest absolute Gasteiger partial charge is 0.206 e. The summed E-state index contributed by atoms with van der Waals surface area (Å²) in [5.74, 6) is 4.08. The monoisotopic (exact) mass is 467 g/mol. The van der Waals surface area contributed by atoms with Crippen molar-refractivity contribution in [3.8, 4) is 11.5 Å². The molecule has 3 aliphatic heterocycles. The largest absolute Gasteiger partial charge is 0.456 e. The molecule has 8 rings (SSSR count). The molecular formula is C32H39N2O+. The Morgan fingerprint density at radius 3 is 2.80 bits per heavy atom. The van der Waals surface area contributed by atoms with Crippen molar-refractivity contribution in [1.29, 1.82) is 0 Å². The van der Waals surface area contributed by atoms with Crippen LogP contribution in [0.1, 0.15) is 75.0 Å². The lowest BCUT2D eigenvalue weighted by Crippen LogP contribution is -2.37. The van der Waals surface area contributed by atoms with Gasteiger partial charge in [0, 0.05) is 48.1 Å². The summed E-state index contributed by atoms with van der Waals surface area (Å²) in [6.07, 6.45) is 13.5. The molecule has 3 fully saturated rings. The summed E-state index contributed by atoms with van der Waals surface area (Å²) in [7, 11) is 4.48. The highest BCUT2D eigenvalue weighted by molar-refractivity contribution is 5.79. The van der Waals surface area contributed by atoms with E-state index in [1.54, 1.807) is 5.57 Å². The summed E-state index contributed by atoms with van der Waals surface area (Å²) >= 11 is 0. The molecule has 3 aliphatic carbocycles. The second kappa shape index (κ2) is 6.93. The normalized spacial score (nSPS) is 33.9. The first-order chi connectivity index (χ1) is 16.9. The molecule has 2 aromatic carbocycles. The van der Waals surface area contributed by atoms with Gasteiger partial charge < -0.3 is 9.64 Å². The zero-order valence-electron chi connectivity index (χ0n) is 21.8. The van der Waals surface area contributed by atoms with Crippen molar-refractivity contribution in [2.24, 2.45) is 22.7 Å². The van der Waals surface area contributed by atoms with Crippen LogP contribution in [0.3, 0.4) is 0 Å². The topological polar surface area (TPSA) is 15.5 Å². The van der Waals surface area contributed by atoms with Crippen molar-refractivity contribution in [3.05, 3.63) is 51.5 Å². The van der Waals surface area contributed by atoms with Gasteiger partial charge in [0.2, 0.25) is 5.36 Å². The van der Waals surface area contributed by atoms with Gasteiger partial charge in [0.1, 0.15) is 25.1 Å². The first kappa shape index (κ1) is 20.9. The molecule has 2 bridgehead atoms. The van der Waals surface area contributed by atoms with E-state index in [9.17, 15) is 0 Å². The Kier molecular flexibility index (Phi) is 4.13. The van der Waals surface area contributed by atoms with Gasteiger partial charge in [0.25, 0.3) is 0 Å². The van der Waals surface area contributed by atoms with Crippen LogP contribution < -0.4 is 24.8 Å². The van der Waals surface area contributed by atoms with Gasteiger partial charge in [-0.05, 0) is 104 Å². The lowest BCUT2D eigenvalue weighted by molar-refractivity contribution is 0.128. The molecule has 0 amide bonds. The highest BCUT2D eigenvalue weighted by Gasteiger charge is 2.67. The average molecular weight is 468 g/mol. The minimum absolute atomic E-state index is 0.501. The molecule has 3 saturated carbocycles. The molecule has 1 spiro atoms. The molecule has 3 nitrogen and oxygen atoms in total. The quantitative estimate of drug-likeness (QED) is 0.575. The van der Waals surface area contributed by atoms with Crippen LogP contribution in [0.25, 0.3) is 5.57 Å². The van der Waals surface area contributed by atoms with Gasteiger partial charge in [0.15, 0.2) is 0 Å². The fourth-order valence-corrected chi connectivity index (χ4v) is 9.53. The standard InChI is InChI=1S/C32H39N2O/c1-20-14-31(16-23-17-32(23,15-20)19-31)18-26-24-10-21-6-4-8-33(2)27(21)12-29(24)35-30-13-28-22(11-25(26)30)7-5-9-34(28)3/h10-13,20,23H,4-9,14-19H2,1-3H3/q+1. The number of benzene rings is 2. The summed E-state index contributed by atoms with van der Waals surface area (Å²) in [6, 6.07) is 9.78. The minimum Gasteiger partial charge on any atom is -0.456 e. The van der Waals surface area contributed by atoms with E-state index >= 15 is 0 Å². The van der Waals surface area contributed by atoms with Gasteiger partial charge in [-0.25, -0.2) is 4.58 Å². The SMILES string of the molecule is CC1CC2(CC3=c4cc5c(cc4Oc4cc6c(cc43)CCCN6C)=[N+](C)CCC5)CC3CC3(C1)C2. The highest BCUT2D eigenvalue weighted by Crippen LogP contribution is 2.77. The van der Waals surface area contributed by atoms with Gasteiger partial charge in [-0.1, -0.05) is 6.92 Å². The number of rotatable bonds is 2. The fraction of sp³-hybridized carbons (Fsp3) is 0.594. The van der Waals surface area contributed by atoms with Crippen molar-refractivity contribution in [1.82, 2.24) is 4.58 Å². The fourth-order valence-electron chi connectivity index (χ4n) is 9.53. The molecule has 3 heterocycles. The maximum Gasteiger partial charge on any atom is 0.206 e. The molecule has 0 radical (unpaired) electrons. The van der Waals surface area contributed by atoms with E-state index in [-0.39, 0.29) is 0 Å². The van der Waals surface area contributed by atoms with Crippen LogP contribution in [0.5, 0.6) is 11.5 Å². The molecule has 4 unspecified atom stereocenters. The molecule has 6 aliphatic rings. The summed E-state index contributed by atoms with van der Waals surface area (Å²) in [6.45, 7) is 4.81. The molecule has 3 heteroatoms. The number of hydrogen-bond acceptors (Lipinski definition) is 2. The van der Waals surface area contributed by atoms with E-state index in [0.29, 0.717) is 10.8 Å². The van der Waals surface area contributed by atoms with Crippen LogP contribution in [0.15, 0.2) is 24.3 Å². The number of aryl methyl sites for hydroxylation is 2. The summed E-state index contributed by atoms with van der Waals surface area (Å²) in [5.41, 5.74) is 8.61. The predicted octanol–water partition coefficient (Wildman–Crippen LogP) is 5.05. The van der Waals surface area contributed by atoms with Gasteiger partial charge in [-0.3, -0.25) is 0 Å². The molecule has 2 aromatic rings. The van der Waals surface area contributed by atoms with Gasteiger partial charge >= 0.3 is 0 Å². The summed E-state index contributed by atoms with van der Waals surface area (Å²) in [5, 5.41) is 2.77. The number of anilines is 1. The second-order valence-electron chi connectivity index (χ2n) is 13.4. The predicted molar refractivity (Wildman–Crippen MR) is 142 cm³/mol. The maximum atomic E-state index is 6.78. The number of fused-ring (bicyclic) bond motifs is 5. The highest BCUT2D eigenvalue weighted by atomic mass is 16.5. The third kappa shape index (κ3) is 2.99. The van der Waals surface area contributed by atoms with Gasteiger partial charge in [0.05, 0.1) is 6.07 Å². The van der Waals surface area contributed by atoms with Crippen LogP contribution >= 0.6 is 0 Å². The Labute approximate surface area is 209 Å². The Morgan fingerprint density at radius 1 is 1.00 bits per heavy atom. The van der Waals surface area contributed by atoms with Gasteiger partial charge in [-0.15, -0.1) is 0 Å². The van der Waals surface area contributed by atoms with E-state index < -0.39 is 0 Å². The second-order valence-corrected chi connectivity index (χ2v) is 13.4. The van der Waals surface area contributed by atoms with Crippen molar-refractivity contribution in [2.45, 2.75) is 71.1 Å². The Morgan fingerprint density at radius 2 is 1.89 bits per heavy atom. The van der Waals surface area contributed by atoms with Gasteiger partial charge in [-0.2, -0.15) is 0 Å². The number of nitrogens with zero attached hydrogens (tertiary/aromatic N) is 2. The Bertz CT molecular complexity index is 1400. The summed E-state index contributed by atoms with van der Waals surface area (Å²) < 4.78 is 9.20. The zero-order valence-corrected chi connectivity index (χ0v) is 21.8. The maximum absolute atomic E-state index is 6.78.